The summed E-state index contributed by atoms with van der Waals surface area (Å²) in [5.74, 6) is 1.78. The molecule has 0 amide bonds. The molecule has 0 saturated heterocycles. The van der Waals surface area contributed by atoms with Crippen molar-refractivity contribution in [2.75, 3.05) is 25.1 Å². The highest BCUT2D eigenvalue weighted by molar-refractivity contribution is 5.48. The van der Waals surface area contributed by atoms with Crippen molar-refractivity contribution in [1.29, 1.82) is 0 Å². The van der Waals surface area contributed by atoms with Gasteiger partial charge in [0.2, 0.25) is 0 Å². The Morgan fingerprint density at radius 1 is 0.895 bits per heavy atom. The second-order valence-electron chi connectivity index (χ2n) is 4.05. The molecule has 100 valence electrons. The van der Waals surface area contributed by atoms with Gasteiger partial charge in [-0.2, -0.15) is 0 Å². The largest absolute Gasteiger partial charge is 0.494 e. The summed E-state index contributed by atoms with van der Waals surface area (Å²) in [6.45, 7) is 4.04. The molecule has 3 heteroatoms. The highest BCUT2D eigenvalue weighted by atomic mass is 16.5. The van der Waals surface area contributed by atoms with Gasteiger partial charge in [-0.3, -0.25) is 0 Å². The van der Waals surface area contributed by atoms with E-state index in [1.54, 1.807) is 0 Å². The number of ether oxygens (including phenoxy) is 2. The predicted molar refractivity (Wildman–Crippen MR) is 78.0 cm³/mol. The fourth-order valence-electron chi connectivity index (χ4n) is 1.74. The van der Waals surface area contributed by atoms with E-state index in [1.165, 1.54) is 0 Å². The minimum atomic E-state index is 0.628. The van der Waals surface area contributed by atoms with Crippen LogP contribution in [0.5, 0.6) is 11.5 Å². The van der Waals surface area contributed by atoms with Gasteiger partial charge < -0.3 is 14.8 Å². The highest BCUT2D eigenvalue weighted by Gasteiger charge is 1.96. The fraction of sp³-hybridized carbons (Fsp3) is 0.250. The number of rotatable bonds is 7. The Kier molecular flexibility index (Phi) is 5.11. The summed E-state index contributed by atoms with van der Waals surface area (Å²) in [5, 5.41) is 3.31. The van der Waals surface area contributed by atoms with Gasteiger partial charge in [-0.25, -0.2) is 0 Å². The van der Waals surface area contributed by atoms with Gasteiger partial charge in [0.15, 0.2) is 0 Å². The van der Waals surface area contributed by atoms with Gasteiger partial charge >= 0.3 is 0 Å². The van der Waals surface area contributed by atoms with Gasteiger partial charge in [-0.05, 0) is 31.2 Å². The molecule has 0 aliphatic carbocycles. The van der Waals surface area contributed by atoms with Crippen molar-refractivity contribution < 1.29 is 9.47 Å². The van der Waals surface area contributed by atoms with Crippen LogP contribution in [0.15, 0.2) is 54.6 Å². The van der Waals surface area contributed by atoms with E-state index < -0.39 is 0 Å². The van der Waals surface area contributed by atoms with E-state index in [0.717, 1.165) is 23.7 Å². The van der Waals surface area contributed by atoms with Gasteiger partial charge in [-0.15, -0.1) is 0 Å². The average molecular weight is 257 g/mol. The minimum absolute atomic E-state index is 0.628. The summed E-state index contributed by atoms with van der Waals surface area (Å²) < 4.78 is 11.1. The monoisotopic (exact) mass is 257 g/mol. The number of nitrogens with one attached hydrogen (secondary N) is 1. The van der Waals surface area contributed by atoms with Crippen molar-refractivity contribution in [3.8, 4) is 11.5 Å². The van der Waals surface area contributed by atoms with Crippen LogP contribution in [-0.4, -0.2) is 19.8 Å². The lowest BCUT2D eigenvalue weighted by atomic mass is 10.3. The third-order valence-electron chi connectivity index (χ3n) is 2.59. The van der Waals surface area contributed by atoms with Gasteiger partial charge in [0, 0.05) is 18.3 Å². The average Bonchev–Trinajstić information content (AvgIpc) is 2.46. The number of benzene rings is 2. The Labute approximate surface area is 114 Å². The molecule has 0 bridgehead atoms. The molecular weight excluding hydrogens is 238 g/mol. The van der Waals surface area contributed by atoms with Gasteiger partial charge in [0.25, 0.3) is 0 Å². The molecule has 0 unspecified atom stereocenters. The van der Waals surface area contributed by atoms with E-state index in [2.05, 4.69) is 5.32 Å². The lowest BCUT2D eigenvalue weighted by molar-refractivity contribution is 0.332. The number of hydrogen-bond donors (Lipinski definition) is 1. The van der Waals surface area contributed by atoms with Crippen molar-refractivity contribution in [3.63, 3.8) is 0 Å². The van der Waals surface area contributed by atoms with Crippen LogP contribution in [0.25, 0.3) is 0 Å². The van der Waals surface area contributed by atoms with Crippen LogP contribution in [0, 0.1) is 0 Å². The first-order valence-corrected chi connectivity index (χ1v) is 6.53. The molecule has 0 fully saturated rings. The Morgan fingerprint density at radius 3 is 2.47 bits per heavy atom. The van der Waals surface area contributed by atoms with E-state index in [9.17, 15) is 0 Å². The van der Waals surface area contributed by atoms with Crippen molar-refractivity contribution in [2.24, 2.45) is 0 Å². The molecule has 1 N–H and O–H groups in total. The Bertz CT molecular complexity index is 485. The second kappa shape index (κ2) is 7.31. The number of hydrogen-bond acceptors (Lipinski definition) is 3. The van der Waals surface area contributed by atoms with Crippen LogP contribution in [-0.2, 0) is 0 Å². The highest BCUT2D eigenvalue weighted by Crippen LogP contribution is 2.17. The molecule has 2 aromatic carbocycles. The Morgan fingerprint density at radius 2 is 1.68 bits per heavy atom. The molecule has 0 saturated carbocycles. The molecule has 0 heterocycles. The van der Waals surface area contributed by atoms with Crippen molar-refractivity contribution in [3.05, 3.63) is 54.6 Å². The summed E-state index contributed by atoms with van der Waals surface area (Å²) in [6, 6.07) is 17.8. The molecule has 0 atom stereocenters. The lowest BCUT2D eigenvalue weighted by Gasteiger charge is -2.10. The smallest absolute Gasteiger partial charge is 0.121 e. The first-order chi connectivity index (χ1) is 9.38. The summed E-state index contributed by atoms with van der Waals surface area (Å²) in [7, 11) is 0. The van der Waals surface area contributed by atoms with Crippen molar-refractivity contribution in [1.82, 2.24) is 0 Å². The molecule has 0 radical (unpaired) electrons. The molecule has 3 nitrogen and oxygen atoms in total. The molecule has 2 rings (SSSR count). The molecule has 19 heavy (non-hydrogen) atoms. The quantitative estimate of drug-likeness (QED) is 0.769. The van der Waals surface area contributed by atoms with E-state index in [0.29, 0.717) is 13.2 Å². The number of para-hydroxylation sites is 1. The van der Waals surface area contributed by atoms with Gasteiger partial charge in [0.05, 0.1) is 6.61 Å². The van der Waals surface area contributed by atoms with E-state index in [1.807, 2.05) is 61.5 Å². The zero-order chi connectivity index (χ0) is 13.3. The van der Waals surface area contributed by atoms with Crippen LogP contribution in [0.3, 0.4) is 0 Å². The SMILES string of the molecule is CCOc1cccc(NCCOc2ccccc2)c1. The van der Waals surface area contributed by atoms with E-state index in [-0.39, 0.29) is 0 Å². The summed E-state index contributed by atoms with van der Waals surface area (Å²) in [5.41, 5.74) is 1.04. The molecule has 0 aromatic heterocycles. The Balaban J connectivity index is 1.75. The zero-order valence-electron chi connectivity index (χ0n) is 11.1. The maximum atomic E-state index is 5.61. The maximum Gasteiger partial charge on any atom is 0.121 e. The second-order valence-corrected chi connectivity index (χ2v) is 4.05. The normalized spacial score (nSPS) is 9.95. The van der Waals surface area contributed by atoms with Gasteiger partial charge in [0.1, 0.15) is 18.1 Å². The summed E-state index contributed by atoms with van der Waals surface area (Å²) in [6.07, 6.45) is 0. The summed E-state index contributed by atoms with van der Waals surface area (Å²) >= 11 is 0. The topological polar surface area (TPSA) is 30.5 Å². The van der Waals surface area contributed by atoms with Crippen LogP contribution in [0.1, 0.15) is 6.92 Å². The van der Waals surface area contributed by atoms with Crippen LogP contribution >= 0.6 is 0 Å². The van der Waals surface area contributed by atoms with Gasteiger partial charge in [-0.1, -0.05) is 24.3 Å². The standard InChI is InChI=1S/C16H19NO2/c1-2-18-16-10-6-7-14(13-16)17-11-12-19-15-8-4-3-5-9-15/h3-10,13,17H,2,11-12H2,1H3. The van der Waals surface area contributed by atoms with Crippen molar-refractivity contribution >= 4 is 5.69 Å². The first kappa shape index (κ1) is 13.3. The third kappa shape index (κ3) is 4.54. The zero-order valence-corrected chi connectivity index (χ0v) is 11.1. The maximum absolute atomic E-state index is 5.61. The fourth-order valence-corrected chi connectivity index (χ4v) is 1.74. The van der Waals surface area contributed by atoms with Crippen LogP contribution in [0.2, 0.25) is 0 Å². The van der Waals surface area contributed by atoms with Crippen molar-refractivity contribution in [2.45, 2.75) is 6.92 Å². The molecular formula is C16H19NO2. The molecule has 0 aliphatic heterocycles. The van der Waals surface area contributed by atoms with Crippen LogP contribution in [0.4, 0.5) is 5.69 Å². The molecule has 0 aliphatic rings. The third-order valence-corrected chi connectivity index (χ3v) is 2.59. The molecule has 2 aromatic rings. The Hall–Kier alpha value is -2.16. The minimum Gasteiger partial charge on any atom is -0.494 e. The lowest BCUT2D eigenvalue weighted by Crippen LogP contribution is -2.11. The van der Waals surface area contributed by atoms with E-state index in [4.69, 9.17) is 9.47 Å². The first-order valence-electron chi connectivity index (χ1n) is 6.53. The van der Waals surface area contributed by atoms with Crippen LogP contribution < -0.4 is 14.8 Å². The summed E-state index contributed by atoms with van der Waals surface area (Å²) in [4.78, 5) is 0. The predicted octanol–water partition coefficient (Wildman–Crippen LogP) is 3.58. The van der Waals surface area contributed by atoms with E-state index >= 15 is 0 Å². The molecule has 0 spiro atoms. The number of anilines is 1.